The molecule has 2 aromatic rings. The first-order valence-electron chi connectivity index (χ1n) is 4.97. The molecule has 0 unspecified atom stereocenters. The fourth-order valence-corrected chi connectivity index (χ4v) is 4.47. The van der Waals surface area contributed by atoms with Gasteiger partial charge in [0.1, 0.15) is 0 Å². The van der Waals surface area contributed by atoms with Crippen molar-refractivity contribution in [2.45, 2.75) is 26.6 Å². The Morgan fingerprint density at radius 2 is 1.79 bits per heavy atom. The van der Waals surface area contributed by atoms with Crippen molar-refractivity contribution in [3.05, 3.63) is 29.8 Å². The molecular formula is C12H16SSi. The van der Waals surface area contributed by atoms with Gasteiger partial charge in [-0.2, -0.15) is 0 Å². The molecule has 0 radical (unpaired) electrons. The normalized spacial score (nSPS) is 12.3. The van der Waals surface area contributed by atoms with Crippen molar-refractivity contribution in [1.29, 1.82) is 0 Å². The maximum absolute atomic E-state index is 2.41. The van der Waals surface area contributed by atoms with Crippen LogP contribution < -0.4 is 4.50 Å². The van der Waals surface area contributed by atoms with Gasteiger partial charge in [-0.25, -0.2) is 0 Å². The first-order chi connectivity index (χ1) is 6.47. The molecule has 0 aliphatic carbocycles. The van der Waals surface area contributed by atoms with Crippen LogP contribution in [0, 0.1) is 6.92 Å². The molecule has 74 valence electrons. The van der Waals surface area contributed by atoms with Crippen LogP contribution in [0.2, 0.25) is 19.6 Å². The molecule has 2 heteroatoms. The van der Waals surface area contributed by atoms with Gasteiger partial charge in [-0.1, -0.05) is 37.3 Å². The lowest BCUT2D eigenvalue weighted by Gasteiger charge is -2.11. The van der Waals surface area contributed by atoms with Crippen LogP contribution in [0.3, 0.4) is 0 Å². The number of rotatable bonds is 1. The summed E-state index contributed by atoms with van der Waals surface area (Å²) in [6.45, 7) is 9.38. The van der Waals surface area contributed by atoms with E-state index in [4.69, 9.17) is 0 Å². The van der Waals surface area contributed by atoms with E-state index in [1.807, 2.05) is 11.3 Å². The molecule has 0 aliphatic heterocycles. The second-order valence-electron chi connectivity index (χ2n) is 4.90. The third-order valence-corrected chi connectivity index (χ3v) is 7.11. The SMILES string of the molecule is Cc1ccc2sc([Si](C)(C)C)cc2c1. The number of benzene rings is 1. The Labute approximate surface area is 90.6 Å². The summed E-state index contributed by atoms with van der Waals surface area (Å²) in [5.74, 6) is 0. The first-order valence-corrected chi connectivity index (χ1v) is 9.29. The van der Waals surface area contributed by atoms with Crippen molar-refractivity contribution in [1.82, 2.24) is 0 Å². The monoisotopic (exact) mass is 220 g/mol. The third-order valence-electron chi connectivity index (χ3n) is 2.41. The van der Waals surface area contributed by atoms with Gasteiger partial charge >= 0.3 is 0 Å². The second kappa shape index (κ2) is 3.21. The Morgan fingerprint density at radius 3 is 2.43 bits per heavy atom. The van der Waals surface area contributed by atoms with Crippen LogP contribution >= 0.6 is 11.3 Å². The first kappa shape index (κ1) is 9.93. The van der Waals surface area contributed by atoms with Gasteiger partial charge in [0.15, 0.2) is 0 Å². The molecule has 0 saturated carbocycles. The van der Waals surface area contributed by atoms with E-state index in [0.717, 1.165) is 0 Å². The van der Waals surface area contributed by atoms with Crippen LogP contribution in [0.5, 0.6) is 0 Å². The van der Waals surface area contributed by atoms with E-state index in [0.29, 0.717) is 0 Å². The average molecular weight is 220 g/mol. The predicted molar refractivity (Wildman–Crippen MR) is 69.5 cm³/mol. The fourth-order valence-electron chi connectivity index (χ4n) is 1.53. The number of fused-ring (bicyclic) bond motifs is 1. The average Bonchev–Trinajstić information content (AvgIpc) is 2.45. The van der Waals surface area contributed by atoms with Gasteiger partial charge in [-0.15, -0.1) is 11.3 Å². The molecule has 0 N–H and O–H groups in total. The Hall–Kier alpha value is -0.603. The van der Waals surface area contributed by atoms with Crippen LogP contribution in [0.15, 0.2) is 24.3 Å². The molecular weight excluding hydrogens is 204 g/mol. The molecule has 0 spiro atoms. The lowest BCUT2D eigenvalue weighted by Crippen LogP contribution is -2.34. The molecule has 0 fully saturated rings. The van der Waals surface area contributed by atoms with E-state index in [2.05, 4.69) is 50.8 Å². The molecule has 0 atom stereocenters. The van der Waals surface area contributed by atoms with E-state index in [9.17, 15) is 0 Å². The van der Waals surface area contributed by atoms with Gasteiger partial charge in [0, 0.05) is 4.70 Å². The highest BCUT2D eigenvalue weighted by Gasteiger charge is 2.18. The summed E-state index contributed by atoms with van der Waals surface area (Å²) < 4.78 is 3.05. The smallest absolute Gasteiger partial charge is 0.0904 e. The van der Waals surface area contributed by atoms with E-state index in [1.165, 1.54) is 15.6 Å². The minimum Gasteiger partial charge on any atom is -0.145 e. The zero-order chi connectivity index (χ0) is 10.3. The van der Waals surface area contributed by atoms with E-state index in [-0.39, 0.29) is 0 Å². The quantitative estimate of drug-likeness (QED) is 0.642. The molecule has 2 rings (SSSR count). The zero-order valence-electron chi connectivity index (χ0n) is 9.22. The Kier molecular flexibility index (Phi) is 2.28. The summed E-state index contributed by atoms with van der Waals surface area (Å²) in [4.78, 5) is 0. The van der Waals surface area contributed by atoms with Crippen LogP contribution in [0.4, 0.5) is 0 Å². The minimum atomic E-state index is -1.12. The molecule has 0 nitrogen and oxygen atoms in total. The van der Waals surface area contributed by atoms with Crippen LogP contribution in [-0.2, 0) is 0 Å². The molecule has 1 aromatic carbocycles. The summed E-state index contributed by atoms with van der Waals surface area (Å²) in [7, 11) is -1.12. The number of hydrogen-bond acceptors (Lipinski definition) is 1. The molecule has 14 heavy (non-hydrogen) atoms. The van der Waals surface area contributed by atoms with Crippen LogP contribution in [-0.4, -0.2) is 8.07 Å². The predicted octanol–water partition coefficient (Wildman–Crippen LogP) is 3.75. The summed E-state index contributed by atoms with van der Waals surface area (Å²) in [5, 5.41) is 1.42. The Morgan fingerprint density at radius 1 is 1.07 bits per heavy atom. The van der Waals surface area contributed by atoms with Gasteiger partial charge in [0.25, 0.3) is 0 Å². The topological polar surface area (TPSA) is 0 Å². The van der Waals surface area contributed by atoms with Gasteiger partial charge < -0.3 is 0 Å². The molecule has 1 heterocycles. The molecule has 0 aliphatic rings. The van der Waals surface area contributed by atoms with E-state index >= 15 is 0 Å². The number of thiophene rings is 1. The van der Waals surface area contributed by atoms with Crippen molar-refractivity contribution in [3.63, 3.8) is 0 Å². The highest BCUT2D eigenvalue weighted by molar-refractivity contribution is 7.31. The van der Waals surface area contributed by atoms with Gasteiger partial charge in [-0.05, 0) is 28.9 Å². The van der Waals surface area contributed by atoms with E-state index < -0.39 is 8.07 Å². The highest BCUT2D eigenvalue weighted by atomic mass is 32.1. The third kappa shape index (κ3) is 1.77. The number of hydrogen-bond donors (Lipinski definition) is 0. The van der Waals surface area contributed by atoms with Gasteiger partial charge in [0.05, 0.1) is 8.07 Å². The maximum atomic E-state index is 2.41. The summed E-state index contributed by atoms with van der Waals surface area (Å²) >= 11 is 1.97. The fraction of sp³-hybridized carbons (Fsp3) is 0.333. The number of aryl methyl sites for hydroxylation is 1. The van der Waals surface area contributed by atoms with Crippen molar-refractivity contribution in [2.75, 3.05) is 0 Å². The van der Waals surface area contributed by atoms with Crippen LogP contribution in [0.25, 0.3) is 10.1 Å². The highest BCUT2D eigenvalue weighted by Crippen LogP contribution is 2.22. The zero-order valence-corrected chi connectivity index (χ0v) is 11.0. The minimum absolute atomic E-state index is 1.12. The standard InChI is InChI=1S/C12H16SSi/c1-9-5-6-11-10(7-9)8-12(13-11)14(2,3)4/h5-8H,1-4H3. The Balaban J connectivity index is 2.63. The van der Waals surface area contributed by atoms with Crippen LogP contribution in [0.1, 0.15) is 5.56 Å². The van der Waals surface area contributed by atoms with Gasteiger partial charge in [-0.3, -0.25) is 0 Å². The van der Waals surface area contributed by atoms with E-state index in [1.54, 1.807) is 4.50 Å². The summed E-state index contributed by atoms with van der Waals surface area (Å²) in [6, 6.07) is 9.13. The lowest BCUT2D eigenvalue weighted by molar-refractivity contribution is 1.52. The lowest BCUT2D eigenvalue weighted by atomic mass is 10.2. The second-order valence-corrected chi connectivity index (χ2v) is 11.4. The van der Waals surface area contributed by atoms with Crippen molar-refractivity contribution in [3.8, 4) is 0 Å². The van der Waals surface area contributed by atoms with Crippen molar-refractivity contribution in [2.24, 2.45) is 0 Å². The van der Waals surface area contributed by atoms with Gasteiger partial charge in [0.2, 0.25) is 0 Å². The molecule has 0 amide bonds. The summed E-state index contributed by atoms with van der Waals surface area (Å²) in [6.07, 6.45) is 0. The molecule has 0 bridgehead atoms. The Bertz CT molecular complexity index is 463. The molecule has 0 saturated heterocycles. The maximum Gasteiger partial charge on any atom is 0.0904 e. The van der Waals surface area contributed by atoms with Crippen molar-refractivity contribution >= 4 is 34.0 Å². The van der Waals surface area contributed by atoms with Crippen molar-refractivity contribution < 1.29 is 0 Å². The largest absolute Gasteiger partial charge is 0.145 e. The summed E-state index contributed by atoms with van der Waals surface area (Å²) in [5.41, 5.74) is 1.36. The molecule has 1 aromatic heterocycles.